The summed E-state index contributed by atoms with van der Waals surface area (Å²) in [5, 5.41) is 9.74. The van der Waals surface area contributed by atoms with E-state index >= 15 is 0 Å². The molecular weight excluding hydrogens is 301 g/mol. The van der Waals surface area contributed by atoms with Crippen LogP contribution >= 0.6 is 23.2 Å². The van der Waals surface area contributed by atoms with Crippen LogP contribution in [0.15, 0.2) is 29.3 Å². The van der Waals surface area contributed by atoms with E-state index in [1.54, 1.807) is 25.2 Å². The lowest BCUT2D eigenvalue weighted by Crippen LogP contribution is -2.28. The van der Waals surface area contributed by atoms with Crippen LogP contribution in [0.5, 0.6) is 0 Å². The van der Waals surface area contributed by atoms with Crippen molar-refractivity contribution in [3.8, 4) is 0 Å². The van der Waals surface area contributed by atoms with Crippen molar-refractivity contribution in [2.24, 2.45) is 0 Å². The summed E-state index contributed by atoms with van der Waals surface area (Å²) < 4.78 is 0. The molecule has 0 saturated carbocycles. The van der Waals surface area contributed by atoms with Crippen molar-refractivity contribution in [1.29, 1.82) is 0 Å². The van der Waals surface area contributed by atoms with Gasteiger partial charge in [-0.15, -0.1) is 0 Å². The second-order valence-corrected chi connectivity index (χ2v) is 5.28. The molecule has 0 fully saturated rings. The van der Waals surface area contributed by atoms with Crippen LogP contribution in [0.1, 0.15) is 19.4 Å². The summed E-state index contributed by atoms with van der Waals surface area (Å²) in [5.41, 5.74) is 1.06. The Balaban J connectivity index is 2.88. The fraction of sp³-hybridized carbons (Fsp3) is 0.286. The van der Waals surface area contributed by atoms with Crippen molar-refractivity contribution < 1.29 is 14.7 Å². The Kier molecular flexibility index (Phi) is 5.60. The van der Waals surface area contributed by atoms with E-state index in [4.69, 9.17) is 28.3 Å². The standard InChI is InChI=1S/C14H15Cl2NO3/c1-8(9(2)14(19)20)13(18)17(3)7-10-4-5-11(15)12(16)6-10/h4-6H,7H2,1-3H3,(H,19,20). The molecule has 1 rings (SSSR count). The number of carboxylic acid groups (broad SMARTS) is 1. The van der Waals surface area contributed by atoms with Gasteiger partial charge in [-0.05, 0) is 31.5 Å². The highest BCUT2D eigenvalue weighted by Crippen LogP contribution is 2.23. The number of hydrogen-bond donors (Lipinski definition) is 1. The number of amides is 1. The number of aliphatic carboxylic acids is 1. The van der Waals surface area contributed by atoms with Gasteiger partial charge in [0.15, 0.2) is 0 Å². The van der Waals surface area contributed by atoms with Gasteiger partial charge >= 0.3 is 5.97 Å². The molecule has 0 aromatic heterocycles. The quantitative estimate of drug-likeness (QED) is 0.867. The van der Waals surface area contributed by atoms with Crippen molar-refractivity contribution >= 4 is 35.1 Å². The first-order chi connectivity index (χ1) is 9.23. The van der Waals surface area contributed by atoms with Crippen LogP contribution in [0.3, 0.4) is 0 Å². The number of carbonyl (C=O) groups excluding carboxylic acids is 1. The Morgan fingerprint density at radius 2 is 1.75 bits per heavy atom. The minimum atomic E-state index is -1.10. The Hall–Kier alpha value is -1.52. The fourth-order valence-corrected chi connectivity index (χ4v) is 1.91. The van der Waals surface area contributed by atoms with Gasteiger partial charge in [-0.2, -0.15) is 0 Å². The lowest BCUT2D eigenvalue weighted by atomic mass is 10.1. The van der Waals surface area contributed by atoms with Gasteiger partial charge in [0.25, 0.3) is 0 Å². The van der Waals surface area contributed by atoms with E-state index in [1.165, 1.54) is 18.7 Å². The van der Waals surface area contributed by atoms with Crippen LogP contribution in [0.4, 0.5) is 0 Å². The number of carbonyl (C=O) groups is 2. The van der Waals surface area contributed by atoms with E-state index in [-0.39, 0.29) is 17.1 Å². The van der Waals surface area contributed by atoms with Crippen molar-refractivity contribution in [1.82, 2.24) is 4.90 Å². The molecule has 0 heterocycles. The molecule has 6 heteroatoms. The molecule has 4 nitrogen and oxygen atoms in total. The number of benzene rings is 1. The first-order valence-corrected chi connectivity index (χ1v) is 6.59. The number of nitrogens with zero attached hydrogens (tertiary/aromatic N) is 1. The summed E-state index contributed by atoms with van der Waals surface area (Å²) in [5.74, 6) is -1.44. The van der Waals surface area contributed by atoms with Crippen LogP contribution in [-0.2, 0) is 16.1 Å². The molecule has 1 aromatic carbocycles. The molecule has 0 atom stereocenters. The minimum absolute atomic E-state index is 0.0380. The molecule has 0 aliphatic heterocycles. The van der Waals surface area contributed by atoms with Crippen LogP contribution in [0.2, 0.25) is 10.0 Å². The van der Waals surface area contributed by atoms with Gasteiger partial charge in [-0.25, -0.2) is 4.79 Å². The second kappa shape index (κ2) is 6.77. The summed E-state index contributed by atoms with van der Waals surface area (Å²) in [6.45, 7) is 3.22. The van der Waals surface area contributed by atoms with Crippen molar-refractivity contribution in [3.05, 3.63) is 45.0 Å². The average Bonchev–Trinajstić information content (AvgIpc) is 2.40. The largest absolute Gasteiger partial charge is 0.478 e. The van der Waals surface area contributed by atoms with Gasteiger partial charge in [0.05, 0.1) is 10.0 Å². The molecule has 1 N–H and O–H groups in total. The van der Waals surface area contributed by atoms with Crippen LogP contribution in [0, 0.1) is 0 Å². The van der Waals surface area contributed by atoms with Gasteiger partial charge < -0.3 is 10.0 Å². The molecule has 0 aliphatic rings. The third-order valence-electron chi connectivity index (χ3n) is 2.95. The Morgan fingerprint density at radius 1 is 1.15 bits per heavy atom. The van der Waals surface area contributed by atoms with E-state index < -0.39 is 5.97 Å². The van der Waals surface area contributed by atoms with Crippen molar-refractivity contribution in [2.45, 2.75) is 20.4 Å². The van der Waals surface area contributed by atoms with Gasteiger partial charge in [0.2, 0.25) is 5.91 Å². The number of halogens is 2. The molecule has 20 heavy (non-hydrogen) atoms. The maximum absolute atomic E-state index is 12.1. The monoisotopic (exact) mass is 315 g/mol. The van der Waals surface area contributed by atoms with E-state index in [2.05, 4.69) is 0 Å². The SMILES string of the molecule is CC(C(=O)O)=C(C)C(=O)N(C)Cc1ccc(Cl)c(Cl)c1. The molecule has 0 radical (unpaired) electrons. The molecule has 108 valence electrons. The van der Waals surface area contributed by atoms with Gasteiger partial charge in [-0.1, -0.05) is 29.3 Å². The van der Waals surface area contributed by atoms with Crippen LogP contribution in [0.25, 0.3) is 0 Å². The predicted octanol–water partition coefficient (Wildman–Crippen LogP) is 3.37. The minimum Gasteiger partial charge on any atom is -0.478 e. The molecule has 0 aliphatic carbocycles. The van der Waals surface area contributed by atoms with Gasteiger partial charge in [-0.3, -0.25) is 4.79 Å². The van der Waals surface area contributed by atoms with Crippen LogP contribution in [-0.4, -0.2) is 28.9 Å². The van der Waals surface area contributed by atoms with E-state index in [1.807, 2.05) is 0 Å². The van der Waals surface area contributed by atoms with Crippen molar-refractivity contribution in [2.75, 3.05) is 7.05 Å². The smallest absolute Gasteiger partial charge is 0.331 e. The van der Waals surface area contributed by atoms with Crippen LogP contribution < -0.4 is 0 Å². The topological polar surface area (TPSA) is 57.6 Å². The fourth-order valence-electron chi connectivity index (χ4n) is 1.59. The number of likely N-dealkylation sites (N-methyl/N-ethyl adjacent to an activating group) is 1. The predicted molar refractivity (Wildman–Crippen MR) is 78.9 cm³/mol. The first-order valence-electron chi connectivity index (χ1n) is 5.84. The Morgan fingerprint density at radius 3 is 2.25 bits per heavy atom. The molecule has 1 aromatic rings. The third kappa shape index (κ3) is 3.99. The molecular formula is C14H15Cl2NO3. The van der Waals surface area contributed by atoms with E-state index in [0.717, 1.165) is 5.56 Å². The molecule has 0 unspecified atom stereocenters. The molecule has 0 bridgehead atoms. The summed E-state index contributed by atoms with van der Waals surface area (Å²) >= 11 is 11.7. The zero-order valence-corrected chi connectivity index (χ0v) is 12.9. The Bertz CT molecular complexity index is 582. The Labute approximate surface area is 127 Å². The first kappa shape index (κ1) is 16.5. The summed E-state index contributed by atoms with van der Waals surface area (Å²) in [4.78, 5) is 24.4. The highest BCUT2D eigenvalue weighted by Gasteiger charge is 2.17. The number of rotatable bonds is 4. The maximum Gasteiger partial charge on any atom is 0.331 e. The van der Waals surface area contributed by atoms with Gasteiger partial charge in [0.1, 0.15) is 0 Å². The van der Waals surface area contributed by atoms with E-state index in [9.17, 15) is 9.59 Å². The van der Waals surface area contributed by atoms with E-state index in [0.29, 0.717) is 16.6 Å². The lowest BCUT2D eigenvalue weighted by molar-refractivity contribution is -0.133. The highest BCUT2D eigenvalue weighted by molar-refractivity contribution is 6.42. The molecule has 0 saturated heterocycles. The lowest BCUT2D eigenvalue weighted by Gasteiger charge is -2.18. The van der Waals surface area contributed by atoms with Crippen molar-refractivity contribution in [3.63, 3.8) is 0 Å². The molecule has 1 amide bonds. The third-order valence-corrected chi connectivity index (χ3v) is 3.69. The maximum atomic E-state index is 12.1. The average molecular weight is 316 g/mol. The summed E-state index contributed by atoms with van der Waals surface area (Å²) in [7, 11) is 1.60. The summed E-state index contributed by atoms with van der Waals surface area (Å²) in [6.07, 6.45) is 0. The zero-order chi connectivity index (χ0) is 15.4. The van der Waals surface area contributed by atoms with Gasteiger partial charge in [0, 0.05) is 24.7 Å². The summed E-state index contributed by atoms with van der Waals surface area (Å²) in [6, 6.07) is 5.10. The normalized spacial score (nSPS) is 11.8. The second-order valence-electron chi connectivity index (χ2n) is 4.46. The molecule has 0 spiro atoms. The number of carboxylic acids is 1. The number of hydrogen-bond acceptors (Lipinski definition) is 2. The highest BCUT2D eigenvalue weighted by atomic mass is 35.5. The zero-order valence-electron chi connectivity index (χ0n) is 11.4.